The molecule has 2 fully saturated rings. The number of ether oxygens (including phenoxy) is 2. The second-order valence-electron chi connectivity index (χ2n) is 13.2. The highest BCUT2D eigenvalue weighted by Crippen LogP contribution is 2.38. The van der Waals surface area contributed by atoms with Gasteiger partial charge in [0, 0.05) is 63.5 Å². The van der Waals surface area contributed by atoms with Crippen molar-refractivity contribution >= 4 is 16.9 Å². The lowest BCUT2D eigenvalue weighted by atomic mass is 9.87. The molecule has 1 amide bonds. The van der Waals surface area contributed by atoms with E-state index in [0.29, 0.717) is 53.6 Å². The number of carbonyl (C=O) groups excluding carboxylic acids is 1. The van der Waals surface area contributed by atoms with Gasteiger partial charge in [-0.25, -0.2) is 13.8 Å². The van der Waals surface area contributed by atoms with Gasteiger partial charge in [0.05, 0.1) is 30.7 Å². The zero-order chi connectivity index (χ0) is 32.7. The van der Waals surface area contributed by atoms with Gasteiger partial charge in [-0.2, -0.15) is 0 Å². The minimum absolute atomic E-state index is 0.0152. The highest BCUT2D eigenvalue weighted by atomic mass is 19.3. The number of fused-ring (bicyclic) bond motifs is 2. The molecule has 248 valence electrons. The number of pyridine rings is 1. The Hall–Kier alpha value is -3.90. The molecular weight excluding hydrogens is 604 g/mol. The zero-order valence-corrected chi connectivity index (χ0v) is 26.8. The van der Waals surface area contributed by atoms with Crippen LogP contribution in [-0.2, 0) is 34.6 Å². The number of halogens is 2. The number of hydrogen-bond acceptors (Lipinski definition) is 7. The number of likely N-dealkylation sites (N-methyl/N-ethyl adjacent to an activating group) is 1. The number of amides is 1. The van der Waals surface area contributed by atoms with Gasteiger partial charge >= 0.3 is 0 Å². The summed E-state index contributed by atoms with van der Waals surface area (Å²) in [6.45, 7) is 7.58. The van der Waals surface area contributed by atoms with Crippen LogP contribution >= 0.6 is 0 Å². The quantitative estimate of drug-likeness (QED) is 0.254. The van der Waals surface area contributed by atoms with Crippen LogP contribution in [0.3, 0.4) is 0 Å². The molecule has 47 heavy (non-hydrogen) atoms. The minimum Gasteiger partial charge on any atom is -0.457 e. The lowest BCUT2D eigenvalue weighted by molar-refractivity contribution is -0.186. The fraction of sp³-hybridized carbons (Fsp3) is 0.444. The molecule has 2 N–H and O–H groups in total. The number of carbonyl (C=O) groups is 1. The van der Waals surface area contributed by atoms with Crippen molar-refractivity contribution in [2.24, 2.45) is 0 Å². The molecule has 2 saturated heterocycles. The fourth-order valence-electron chi connectivity index (χ4n) is 6.91. The summed E-state index contributed by atoms with van der Waals surface area (Å²) in [7, 11) is 2.07. The Morgan fingerprint density at radius 1 is 1.13 bits per heavy atom. The minimum atomic E-state index is -2.60. The van der Waals surface area contributed by atoms with E-state index in [4.69, 9.17) is 9.47 Å². The zero-order valence-electron chi connectivity index (χ0n) is 26.8. The van der Waals surface area contributed by atoms with Gasteiger partial charge in [0.25, 0.3) is 6.43 Å². The first kappa shape index (κ1) is 31.7. The van der Waals surface area contributed by atoms with Crippen molar-refractivity contribution < 1.29 is 28.2 Å². The average Bonchev–Trinajstić information content (AvgIpc) is 3.50. The number of aromatic nitrogens is 2. The molecule has 0 radical (unpaired) electrons. The molecule has 11 heteroatoms. The summed E-state index contributed by atoms with van der Waals surface area (Å²) < 4.78 is 39.9. The molecule has 3 aliphatic rings. The Kier molecular flexibility index (Phi) is 8.73. The number of H-pyrrole nitrogens is 1. The van der Waals surface area contributed by atoms with Crippen LogP contribution in [0.2, 0.25) is 0 Å². The molecule has 2 aromatic carbocycles. The molecule has 9 nitrogen and oxygen atoms in total. The third-order valence-electron chi connectivity index (χ3n) is 9.90. The summed E-state index contributed by atoms with van der Waals surface area (Å²) in [4.78, 5) is 27.5. The lowest BCUT2D eigenvalue weighted by Gasteiger charge is -2.35. The summed E-state index contributed by atoms with van der Waals surface area (Å²) in [6, 6.07) is 14.8. The molecule has 0 spiro atoms. The molecule has 4 aromatic rings. The van der Waals surface area contributed by atoms with E-state index in [1.54, 1.807) is 18.3 Å². The summed E-state index contributed by atoms with van der Waals surface area (Å²) in [6.07, 6.45) is -0.0202. The first-order valence-corrected chi connectivity index (χ1v) is 16.4. The van der Waals surface area contributed by atoms with Crippen molar-refractivity contribution in [3.05, 3.63) is 88.2 Å². The molecule has 0 aliphatic carbocycles. The van der Waals surface area contributed by atoms with E-state index in [9.17, 15) is 18.7 Å². The second-order valence-corrected chi connectivity index (χ2v) is 13.2. The molecule has 7 rings (SSSR count). The summed E-state index contributed by atoms with van der Waals surface area (Å²) in [5.41, 5.74) is 3.64. The smallest absolute Gasteiger partial charge is 0.264 e. The van der Waals surface area contributed by atoms with Gasteiger partial charge in [-0.3, -0.25) is 9.69 Å². The Balaban J connectivity index is 1.07. The number of nitrogens with one attached hydrogen (secondary N) is 1. The molecular formula is C36H41F2N5O4. The third-order valence-corrected chi connectivity index (χ3v) is 9.90. The number of piperazine rings is 1. The van der Waals surface area contributed by atoms with E-state index in [0.717, 1.165) is 43.5 Å². The molecule has 3 aliphatic heterocycles. The summed E-state index contributed by atoms with van der Waals surface area (Å²) >= 11 is 0. The van der Waals surface area contributed by atoms with Crippen molar-refractivity contribution in [3.8, 4) is 11.5 Å². The van der Waals surface area contributed by atoms with Gasteiger partial charge in [0.15, 0.2) is 5.60 Å². The SMILES string of the molecule is CC[C@H]1CN(C(=O)Cc2ccc(CN3CCN(C)CC3)c(C(F)F)c2)Cc2cc(Oc3ccnc4[nH]c(C5(O)COC5)cc34)ccc21. The van der Waals surface area contributed by atoms with Gasteiger partial charge in [0.1, 0.15) is 17.1 Å². The molecule has 2 aromatic heterocycles. The topological polar surface area (TPSA) is 94.2 Å². The normalized spacial score (nSPS) is 20.0. The largest absolute Gasteiger partial charge is 0.457 e. The molecule has 5 heterocycles. The number of benzene rings is 2. The van der Waals surface area contributed by atoms with Crippen molar-refractivity contribution in [3.63, 3.8) is 0 Å². The third kappa shape index (κ3) is 6.49. The van der Waals surface area contributed by atoms with Crippen LogP contribution in [0.5, 0.6) is 11.5 Å². The number of nitrogens with zero attached hydrogens (tertiary/aromatic N) is 4. The summed E-state index contributed by atoms with van der Waals surface area (Å²) in [5.74, 6) is 1.31. The molecule has 0 saturated carbocycles. The van der Waals surface area contributed by atoms with E-state index < -0.39 is 12.0 Å². The van der Waals surface area contributed by atoms with Crippen LogP contribution in [0, 0.1) is 0 Å². The molecule has 0 unspecified atom stereocenters. The van der Waals surface area contributed by atoms with Gasteiger partial charge in [-0.1, -0.05) is 25.1 Å². The van der Waals surface area contributed by atoms with Gasteiger partial charge in [-0.05, 0) is 66.1 Å². The van der Waals surface area contributed by atoms with Crippen LogP contribution in [0.4, 0.5) is 8.78 Å². The monoisotopic (exact) mass is 645 g/mol. The second kappa shape index (κ2) is 13.0. The van der Waals surface area contributed by atoms with Crippen LogP contribution < -0.4 is 4.74 Å². The van der Waals surface area contributed by atoms with E-state index in [-0.39, 0.29) is 37.0 Å². The molecule has 1 atom stereocenters. The van der Waals surface area contributed by atoms with Crippen LogP contribution in [-0.4, -0.2) is 88.7 Å². The predicted octanol–water partition coefficient (Wildman–Crippen LogP) is 5.34. The number of aliphatic hydroxyl groups is 1. The van der Waals surface area contributed by atoms with Crippen molar-refractivity contribution in [1.29, 1.82) is 0 Å². The fourth-order valence-corrected chi connectivity index (χ4v) is 6.91. The molecule has 0 bridgehead atoms. The highest BCUT2D eigenvalue weighted by molar-refractivity contribution is 5.84. The number of alkyl halides is 2. The van der Waals surface area contributed by atoms with Crippen molar-refractivity contribution in [1.82, 2.24) is 24.7 Å². The average molecular weight is 646 g/mol. The number of hydrogen-bond donors (Lipinski definition) is 2. The van der Waals surface area contributed by atoms with Crippen LogP contribution in [0.1, 0.15) is 59.2 Å². The van der Waals surface area contributed by atoms with Crippen molar-refractivity contribution in [2.75, 3.05) is 53.0 Å². The number of rotatable bonds is 9. The highest BCUT2D eigenvalue weighted by Gasteiger charge is 2.40. The van der Waals surface area contributed by atoms with E-state index in [1.165, 1.54) is 11.6 Å². The first-order chi connectivity index (χ1) is 22.7. The van der Waals surface area contributed by atoms with Gasteiger partial charge in [0.2, 0.25) is 5.91 Å². The predicted molar refractivity (Wildman–Crippen MR) is 174 cm³/mol. The maximum Gasteiger partial charge on any atom is 0.264 e. The van der Waals surface area contributed by atoms with Crippen LogP contribution in [0.15, 0.2) is 54.7 Å². The summed E-state index contributed by atoms with van der Waals surface area (Å²) in [5, 5.41) is 11.5. The first-order valence-electron chi connectivity index (χ1n) is 16.4. The Morgan fingerprint density at radius 2 is 1.94 bits per heavy atom. The van der Waals surface area contributed by atoms with E-state index in [1.807, 2.05) is 29.2 Å². The standard InChI is InChI=1S/C36H41F2N5O4/c1-3-24-19-43(33(44)15-23-4-5-25(29(14-23)34(37)38)18-42-12-10-41(2)11-13-42)20-26-16-27(6-7-28(24)26)47-31-8-9-39-35-30(31)17-32(40-35)36(45)21-46-22-36/h4-9,14,16-17,24,34,45H,3,10-13,15,18-22H2,1-2H3,(H,39,40)/t24-/m0/s1. The maximum absolute atomic E-state index is 14.2. The van der Waals surface area contributed by atoms with E-state index >= 15 is 0 Å². The maximum atomic E-state index is 14.2. The Bertz CT molecular complexity index is 1770. The van der Waals surface area contributed by atoms with Crippen LogP contribution in [0.25, 0.3) is 11.0 Å². The number of aromatic amines is 1. The lowest BCUT2D eigenvalue weighted by Crippen LogP contribution is -2.46. The van der Waals surface area contributed by atoms with Gasteiger partial charge in [-0.15, -0.1) is 0 Å². The van der Waals surface area contributed by atoms with E-state index in [2.05, 4.69) is 39.8 Å². The van der Waals surface area contributed by atoms with Gasteiger partial charge < -0.3 is 29.4 Å². The van der Waals surface area contributed by atoms with Crippen molar-refractivity contribution in [2.45, 2.75) is 50.8 Å². The Labute approximate surface area is 273 Å². The Morgan fingerprint density at radius 3 is 2.66 bits per heavy atom.